The van der Waals surface area contributed by atoms with Crippen molar-refractivity contribution in [3.63, 3.8) is 0 Å². The number of carbonyl (C=O) groups is 1. The van der Waals surface area contributed by atoms with Crippen molar-refractivity contribution < 1.29 is 19.0 Å². The van der Waals surface area contributed by atoms with Crippen molar-refractivity contribution in [1.82, 2.24) is 14.7 Å². The second-order valence-corrected chi connectivity index (χ2v) is 8.55. The number of carbonyl (C=O) groups excluding carboxylic acids is 1. The lowest BCUT2D eigenvalue weighted by molar-refractivity contribution is -0.119. The number of para-hydroxylation sites is 2. The minimum Gasteiger partial charge on any atom is -0.493 e. The smallest absolute Gasteiger partial charge is 0.311 e. The van der Waals surface area contributed by atoms with Crippen LogP contribution >= 0.6 is 0 Å². The van der Waals surface area contributed by atoms with Crippen molar-refractivity contribution in [2.45, 2.75) is 19.4 Å². The van der Waals surface area contributed by atoms with Crippen LogP contribution in [0, 0.1) is 0 Å². The van der Waals surface area contributed by atoms with Crippen LogP contribution < -0.4 is 24.7 Å². The van der Waals surface area contributed by atoms with E-state index in [9.17, 15) is 9.59 Å². The number of aryl methyl sites for hydroxylation is 1. The first-order chi connectivity index (χ1) is 17.6. The topological polar surface area (TPSA) is 86.1 Å². The predicted molar refractivity (Wildman–Crippen MR) is 137 cm³/mol. The molecule has 0 radical (unpaired) electrons. The monoisotopic (exact) mass is 492 g/mol. The molecule has 0 fully saturated rings. The van der Waals surface area contributed by atoms with Crippen LogP contribution in [-0.4, -0.2) is 60.5 Å². The molecule has 1 aliphatic rings. The molecule has 0 atom stereocenters. The molecule has 0 aliphatic carbocycles. The van der Waals surface area contributed by atoms with Gasteiger partial charge >= 0.3 is 5.56 Å². The molecule has 0 unspecified atom stereocenters. The Labute approximate surface area is 210 Å². The Hall–Kier alpha value is -3.85. The lowest BCUT2D eigenvalue weighted by Crippen LogP contribution is -2.37. The van der Waals surface area contributed by atoms with Crippen molar-refractivity contribution in [1.29, 1.82) is 0 Å². The molecule has 190 valence electrons. The highest BCUT2D eigenvalue weighted by molar-refractivity contribution is 5.94. The van der Waals surface area contributed by atoms with E-state index in [1.165, 1.54) is 10.9 Å². The zero-order chi connectivity index (χ0) is 25.3. The molecule has 0 saturated heterocycles. The Balaban J connectivity index is 1.43. The Kier molecular flexibility index (Phi) is 8.57. The van der Waals surface area contributed by atoms with Crippen molar-refractivity contribution >= 4 is 11.6 Å². The van der Waals surface area contributed by atoms with Crippen molar-refractivity contribution in [3.8, 4) is 17.2 Å². The summed E-state index contributed by atoms with van der Waals surface area (Å²) >= 11 is 0. The van der Waals surface area contributed by atoms with Crippen LogP contribution in [0.5, 0.6) is 17.2 Å². The molecular formula is C27H32N4O5. The van der Waals surface area contributed by atoms with Crippen LogP contribution in [0.15, 0.2) is 65.6 Å². The van der Waals surface area contributed by atoms with E-state index in [0.717, 1.165) is 5.56 Å². The Morgan fingerprint density at radius 1 is 1.08 bits per heavy atom. The van der Waals surface area contributed by atoms with Crippen LogP contribution in [-0.2, 0) is 18.4 Å². The van der Waals surface area contributed by atoms with E-state index in [2.05, 4.69) is 22.1 Å². The van der Waals surface area contributed by atoms with Crippen LogP contribution in [0.2, 0.25) is 0 Å². The molecule has 4 rings (SSSR count). The minimum absolute atomic E-state index is 0.0690. The zero-order valence-electron chi connectivity index (χ0n) is 20.8. The molecule has 3 aromatic rings. The zero-order valence-corrected chi connectivity index (χ0v) is 20.8. The van der Waals surface area contributed by atoms with Gasteiger partial charge in [-0.1, -0.05) is 42.5 Å². The molecule has 0 saturated carbocycles. The number of rotatable bonds is 10. The van der Waals surface area contributed by atoms with Gasteiger partial charge in [0.05, 0.1) is 19.9 Å². The van der Waals surface area contributed by atoms with Gasteiger partial charge in [-0.25, -0.2) is 4.68 Å². The second-order valence-electron chi connectivity index (χ2n) is 8.55. The standard InChI is InChI=1S/C27H32N4O5/c1-29-27(33)26-22(19-28-29)31(14-8-17-36-26)25(32)13-15-30(20-21-9-4-3-5-10-21)16-18-35-24-12-7-6-11-23(24)34-2/h3-7,9-12,19H,8,13-18,20H2,1-2H3. The van der Waals surface area contributed by atoms with E-state index >= 15 is 0 Å². The molecule has 0 spiro atoms. The van der Waals surface area contributed by atoms with Gasteiger partial charge < -0.3 is 19.1 Å². The molecule has 2 heterocycles. The fraction of sp³-hybridized carbons (Fsp3) is 0.370. The highest BCUT2D eigenvalue weighted by atomic mass is 16.5. The first-order valence-electron chi connectivity index (χ1n) is 12.1. The van der Waals surface area contributed by atoms with E-state index < -0.39 is 0 Å². The average molecular weight is 493 g/mol. The highest BCUT2D eigenvalue weighted by Crippen LogP contribution is 2.27. The van der Waals surface area contributed by atoms with Gasteiger partial charge in [-0.15, -0.1) is 0 Å². The maximum Gasteiger partial charge on any atom is 0.311 e. The minimum atomic E-state index is -0.341. The number of ether oxygens (including phenoxy) is 3. The third-order valence-electron chi connectivity index (χ3n) is 6.06. The summed E-state index contributed by atoms with van der Waals surface area (Å²) in [5.41, 5.74) is 1.25. The van der Waals surface area contributed by atoms with Crippen molar-refractivity contribution in [2.75, 3.05) is 44.9 Å². The number of methoxy groups -OCH3 is 1. The summed E-state index contributed by atoms with van der Waals surface area (Å²) in [6.45, 7) is 3.16. The normalized spacial score (nSPS) is 13.0. The van der Waals surface area contributed by atoms with E-state index in [1.807, 2.05) is 42.5 Å². The summed E-state index contributed by atoms with van der Waals surface area (Å²) in [6, 6.07) is 17.7. The molecule has 1 amide bonds. The van der Waals surface area contributed by atoms with E-state index in [4.69, 9.17) is 14.2 Å². The maximum absolute atomic E-state index is 13.3. The number of anilines is 1. The maximum atomic E-state index is 13.3. The van der Waals surface area contributed by atoms with E-state index in [1.54, 1.807) is 19.1 Å². The van der Waals surface area contributed by atoms with Crippen LogP contribution in [0.3, 0.4) is 0 Å². The number of aromatic nitrogens is 2. The Morgan fingerprint density at radius 2 is 1.83 bits per heavy atom. The van der Waals surface area contributed by atoms with Crippen LogP contribution in [0.25, 0.3) is 0 Å². The molecule has 2 aromatic carbocycles. The number of nitrogens with zero attached hydrogens (tertiary/aromatic N) is 4. The Morgan fingerprint density at radius 3 is 2.61 bits per heavy atom. The van der Waals surface area contributed by atoms with Crippen LogP contribution in [0.1, 0.15) is 18.4 Å². The summed E-state index contributed by atoms with van der Waals surface area (Å²) in [5, 5.41) is 4.09. The molecule has 36 heavy (non-hydrogen) atoms. The third kappa shape index (κ3) is 6.23. The second kappa shape index (κ2) is 12.2. The fourth-order valence-electron chi connectivity index (χ4n) is 4.14. The number of benzene rings is 2. The summed E-state index contributed by atoms with van der Waals surface area (Å²) in [6.07, 6.45) is 2.46. The van der Waals surface area contributed by atoms with Gasteiger partial charge in [-0.05, 0) is 24.1 Å². The molecule has 0 N–H and O–H groups in total. The molecule has 1 aliphatic heterocycles. The quantitative estimate of drug-likeness (QED) is 0.430. The molecule has 9 heteroatoms. The molecular weight excluding hydrogens is 460 g/mol. The van der Waals surface area contributed by atoms with Crippen LogP contribution in [0.4, 0.5) is 5.69 Å². The number of hydrogen-bond donors (Lipinski definition) is 0. The van der Waals surface area contributed by atoms with Gasteiger partial charge in [0.15, 0.2) is 11.5 Å². The molecule has 1 aromatic heterocycles. The number of fused-ring (bicyclic) bond motifs is 1. The van der Waals surface area contributed by atoms with Gasteiger partial charge in [-0.3, -0.25) is 14.5 Å². The largest absolute Gasteiger partial charge is 0.493 e. The van der Waals surface area contributed by atoms with Gasteiger partial charge in [0.1, 0.15) is 12.3 Å². The molecule has 9 nitrogen and oxygen atoms in total. The van der Waals surface area contributed by atoms with Crippen molar-refractivity contribution in [2.24, 2.45) is 7.05 Å². The Bertz CT molecular complexity index is 1210. The first kappa shape index (κ1) is 25.2. The molecule has 0 bridgehead atoms. The van der Waals surface area contributed by atoms with Gasteiger partial charge in [0.25, 0.3) is 0 Å². The summed E-state index contributed by atoms with van der Waals surface area (Å²) in [7, 11) is 3.18. The third-order valence-corrected chi connectivity index (χ3v) is 6.06. The SMILES string of the molecule is COc1ccccc1OCCN(CCC(=O)N1CCCOc2c1cnn(C)c2=O)Cc1ccccc1. The summed E-state index contributed by atoms with van der Waals surface area (Å²) in [5.74, 6) is 1.49. The number of hydrogen-bond acceptors (Lipinski definition) is 7. The summed E-state index contributed by atoms with van der Waals surface area (Å²) < 4.78 is 18.2. The average Bonchev–Trinajstić information content (AvgIpc) is 3.13. The van der Waals surface area contributed by atoms with E-state index in [0.29, 0.717) is 63.0 Å². The predicted octanol–water partition coefficient (Wildman–Crippen LogP) is 2.88. The van der Waals surface area contributed by atoms with Gasteiger partial charge in [-0.2, -0.15) is 5.10 Å². The first-order valence-corrected chi connectivity index (χ1v) is 12.1. The lowest BCUT2D eigenvalue weighted by Gasteiger charge is -2.25. The van der Waals surface area contributed by atoms with E-state index in [-0.39, 0.29) is 23.6 Å². The lowest BCUT2D eigenvalue weighted by atomic mass is 10.2. The summed E-state index contributed by atoms with van der Waals surface area (Å²) in [4.78, 5) is 29.6. The highest BCUT2D eigenvalue weighted by Gasteiger charge is 2.25. The van der Waals surface area contributed by atoms with Gasteiger partial charge in [0, 0.05) is 39.6 Å². The fourth-order valence-corrected chi connectivity index (χ4v) is 4.14. The van der Waals surface area contributed by atoms with Gasteiger partial charge in [0.2, 0.25) is 11.7 Å². The number of amides is 1. The van der Waals surface area contributed by atoms with Crippen molar-refractivity contribution in [3.05, 3.63) is 76.7 Å².